The van der Waals surface area contributed by atoms with Gasteiger partial charge in [0, 0.05) is 18.4 Å². The fourth-order valence-electron chi connectivity index (χ4n) is 3.35. The van der Waals surface area contributed by atoms with Crippen molar-refractivity contribution in [3.05, 3.63) is 22.8 Å². The van der Waals surface area contributed by atoms with Crippen LogP contribution >= 0.6 is 11.6 Å². The van der Waals surface area contributed by atoms with Crippen LogP contribution in [0.15, 0.2) is 12.3 Å². The number of pyridine rings is 1. The SMILES string of the molecule is CCOC1(C(NC)c2cc(Cl)cnc2N)CCCCC1. The van der Waals surface area contributed by atoms with Crippen LogP contribution in [0.1, 0.15) is 50.6 Å². The highest BCUT2D eigenvalue weighted by atomic mass is 35.5. The molecule has 20 heavy (non-hydrogen) atoms. The van der Waals surface area contributed by atoms with Crippen LogP contribution in [0.4, 0.5) is 5.82 Å². The highest BCUT2D eigenvalue weighted by Gasteiger charge is 2.41. The van der Waals surface area contributed by atoms with Crippen molar-refractivity contribution >= 4 is 17.4 Å². The molecule has 4 nitrogen and oxygen atoms in total. The lowest BCUT2D eigenvalue weighted by Gasteiger charge is -2.43. The molecule has 0 aliphatic heterocycles. The normalized spacial score (nSPS) is 19.8. The Labute approximate surface area is 126 Å². The summed E-state index contributed by atoms with van der Waals surface area (Å²) in [5, 5.41) is 3.99. The van der Waals surface area contributed by atoms with Crippen molar-refractivity contribution in [2.45, 2.75) is 50.7 Å². The van der Waals surface area contributed by atoms with Crippen LogP contribution in [0.2, 0.25) is 5.02 Å². The van der Waals surface area contributed by atoms with E-state index in [-0.39, 0.29) is 11.6 Å². The Bertz CT molecular complexity index is 441. The molecule has 1 atom stereocenters. The maximum absolute atomic E-state index is 6.18. The summed E-state index contributed by atoms with van der Waals surface area (Å²) in [5.41, 5.74) is 6.80. The molecule has 1 aliphatic rings. The average molecular weight is 298 g/mol. The molecule has 1 aromatic heterocycles. The highest BCUT2D eigenvalue weighted by Crippen LogP contribution is 2.42. The van der Waals surface area contributed by atoms with Gasteiger partial charge >= 0.3 is 0 Å². The molecule has 1 saturated carbocycles. The van der Waals surface area contributed by atoms with Crippen molar-refractivity contribution in [2.24, 2.45) is 0 Å². The van der Waals surface area contributed by atoms with Crippen LogP contribution in [0.5, 0.6) is 0 Å². The first kappa shape index (κ1) is 15.5. The lowest BCUT2D eigenvalue weighted by atomic mass is 9.76. The first-order chi connectivity index (χ1) is 9.63. The van der Waals surface area contributed by atoms with Gasteiger partial charge in [0.1, 0.15) is 5.82 Å². The number of nitrogen functional groups attached to an aromatic ring is 1. The van der Waals surface area contributed by atoms with Crippen molar-refractivity contribution in [2.75, 3.05) is 19.4 Å². The number of hydrogen-bond donors (Lipinski definition) is 2. The monoisotopic (exact) mass is 297 g/mol. The summed E-state index contributed by atoms with van der Waals surface area (Å²) in [4.78, 5) is 4.18. The van der Waals surface area contributed by atoms with E-state index < -0.39 is 0 Å². The van der Waals surface area contributed by atoms with E-state index in [1.165, 1.54) is 19.3 Å². The van der Waals surface area contributed by atoms with E-state index in [1.807, 2.05) is 20.0 Å². The Balaban J connectivity index is 2.39. The number of hydrogen-bond acceptors (Lipinski definition) is 4. The number of likely N-dealkylation sites (N-methyl/N-ethyl adjacent to an activating group) is 1. The second-order valence-electron chi connectivity index (χ2n) is 5.41. The first-order valence-corrected chi connectivity index (χ1v) is 7.73. The molecule has 1 unspecified atom stereocenters. The van der Waals surface area contributed by atoms with E-state index in [0.717, 1.165) is 18.4 Å². The summed E-state index contributed by atoms with van der Waals surface area (Å²) in [5.74, 6) is 0.526. The minimum atomic E-state index is -0.206. The van der Waals surface area contributed by atoms with Crippen LogP contribution in [-0.4, -0.2) is 24.2 Å². The third-order valence-electron chi connectivity index (χ3n) is 4.17. The zero-order chi connectivity index (χ0) is 14.6. The summed E-state index contributed by atoms with van der Waals surface area (Å²) in [7, 11) is 1.94. The fourth-order valence-corrected chi connectivity index (χ4v) is 3.52. The van der Waals surface area contributed by atoms with Crippen molar-refractivity contribution in [1.82, 2.24) is 10.3 Å². The van der Waals surface area contributed by atoms with Crippen LogP contribution in [-0.2, 0) is 4.74 Å². The van der Waals surface area contributed by atoms with E-state index in [9.17, 15) is 0 Å². The predicted molar refractivity (Wildman–Crippen MR) is 82.9 cm³/mol. The Kier molecular flexibility index (Phi) is 5.24. The van der Waals surface area contributed by atoms with Gasteiger partial charge in [-0.2, -0.15) is 0 Å². The summed E-state index contributed by atoms with van der Waals surface area (Å²) in [6.07, 6.45) is 7.31. The third-order valence-corrected chi connectivity index (χ3v) is 4.38. The van der Waals surface area contributed by atoms with Gasteiger partial charge < -0.3 is 15.8 Å². The van der Waals surface area contributed by atoms with E-state index in [4.69, 9.17) is 22.1 Å². The smallest absolute Gasteiger partial charge is 0.128 e. The van der Waals surface area contributed by atoms with Gasteiger partial charge in [-0.1, -0.05) is 30.9 Å². The molecule has 0 aromatic carbocycles. The van der Waals surface area contributed by atoms with Gasteiger partial charge in [0.05, 0.1) is 16.7 Å². The largest absolute Gasteiger partial charge is 0.383 e. The summed E-state index contributed by atoms with van der Waals surface area (Å²) < 4.78 is 6.18. The Morgan fingerprint density at radius 1 is 1.45 bits per heavy atom. The van der Waals surface area contributed by atoms with Crippen molar-refractivity contribution < 1.29 is 4.74 Å². The zero-order valence-corrected chi connectivity index (χ0v) is 13.0. The van der Waals surface area contributed by atoms with E-state index in [1.54, 1.807) is 6.20 Å². The molecular weight excluding hydrogens is 274 g/mol. The Morgan fingerprint density at radius 2 is 2.15 bits per heavy atom. The predicted octanol–water partition coefficient (Wildman–Crippen LogP) is 3.32. The van der Waals surface area contributed by atoms with Gasteiger partial charge in [-0.3, -0.25) is 0 Å². The van der Waals surface area contributed by atoms with Crippen molar-refractivity contribution in [1.29, 1.82) is 0 Å². The molecule has 0 amide bonds. The Morgan fingerprint density at radius 3 is 2.75 bits per heavy atom. The quantitative estimate of drug-likeness (QED) is 0.875. The second-order valence-corrected chi connectivity index (χ2v) is 5.84. The minimum Gasteiger partial charge on any atom is -0.383 e. The molecule has 0 radical (unpaired) electrons. The van der Waals surface area contributed by atoms with Crippen molar-refractivity contribution in [3.63, 3.8) is 0 Å². The maximum Gasteiger partial charge on any atom is 0.128 e. The molecule has 0 bridgehead atoms. The number of ether oxygens (including phenoxy) is 1. The lowest BCUT2D eigenvalue weighted by molar-refractivity contribution is -0.0897. The second kappa shape index (κ2) is 6.74. The molecule has 2 rings (SSSR count). The third kappa shape index (κ3) is 3.08. The summed E-state index contributed by atoms with van der Waals surface area (Å²) in [6, 6.07) is 1.93. The molecule has 0 saturated heterocycles. The lowest BCUT2D eigenvalue weighted by Crippen LogP contribution is -2.47. The van der Waals surface area contributed by atoms with Crippen LogP contribution in [0.3, 0.4) is 0 Å². The average Bonchev–Trinajstić information content (AvgIpc) is 2.45. The minimum absolute atomic E-state index is 0.0222. The molecule has 1 heterocycles. The van der Waals surface area contributed by atoms with Gasteiger partial charge in [-0.15, -0.1) is 0 Å². The molecule has 1 aliphatic carbocycles. The zero-order valence-electron chi connectivity index (χ0n) is 12.3. The van der Waals surface area contributed by atoms with Gasteiger partial charge in [0.25, 0.3) is 0 Å². The van der Waals surface area contributed by atoms with Gasteiger partial charge in [0.2, 0.25) is 0 Å². The Hall–Kier alpha value is -0.840. The number of rotatable bonds is 5. The number of aromatic nitrogens is 1. The number of nitrogens with zero attached hydrogens (tertiary/aromatic N) is 1. The fraction of sp³-hybridized carbons (Fsp3) is 0.667. The number of anilines is 1. The molecule has 5 heteroatoms. The van der Waals surface area contributed by atoms with Gasteiger partial charge in [0.15, 0.2) is 0 Å². The topological polar surface area (TPSA) is 60.2 Å². The maximum atomic E-state index is 6.18. The van der Waals surface area contributed by atoms with E-state index in [2.05, 4.69) is 10.3 Å². The number of halogens is 1. The molecule has 3 N–H and O–H groups in total. The van der Waals surface area contributed by atoms with E-state index in [0.29, 0.717) is 17.4 Å². The molecule has 0 spiro atoms. The molecule has 112 valence electrons. The molecular formula is C15H24ClN3O. The van der Waals surface area contributed by atoms with Gasteiger partial charge in [-0.25, -0.2) is 4.98 Å². The summed E-state index contributed by atoms with van der Waals surface area (Å²) in [6.45, 7) is 2.74. The highest BCUT2D eigenvalue weighted by molar-refractivity contribution is 6.30. The van der Waals surface area contributed by atoms with Crippen LogP contribution in [0.25, 0.3) is 0 Å². The number of nitrogens with two attached hydrogens (primary N) is 1. The molecule has 1 fully saturated rings. The van der Waals surface area contributed by atoms with Crippen molar-refractivity contribution in [3.8, 4) is 0 Å². The van der Waals surface area contributed by atoms with E-state index >= 15 is 0 Å². The summed E-state index contributed by atoms with van der Waals surface area (Å²) >= 11 is 6.09. The molecule has 1 aromatic rings. The van der Waals surface area contributed by atoms with Gasteiger partial charge in [-0.05, 0) is 32.9 Å². The van der Waals surface area contributed by atoms with Crippen LogP contribution < -0.4 is 11.1 Å². The van der Waals surface area contributed by atoms with Crippen LogP contribution in [0, 0.1) is 0 Å². The first-order valence-electron chi connectivity index (χ1n) is 7.35. The standard InChI is InChI=1S/C15H24ClN3O/c1-3-20-15(7-5-4-6-8-15)13(18-2)12-9-11(16)10-19-14(12)17/h9-10,13,18H,3-8H2,1-2H3,(H2,17,19). The number of nitrogens with one attached hydrogen (secondary N) is 1.